The zero-order valence-corrected chi connectivity index (χ0v) is 14.4. The molecule has 130 valence electrons. The molecule has 1 heterocycles. The highest BCUT2D eigenvalue weighted by Gasteiger charge is 2.31. The molecular weight excluding hydrogens is 342 g/mol. The quantitative estimate of drug-likeness (QED) is 0.880. The molecule has 0 spiro atoms. The molecule has 25 heavy (non-hydrogen) atoms. The van der Waals surface area contributed by atoms with Gasteiger partial charge < -0.3 is 20.3 Å². The maximum atomic E-state index is 12.3. The van der Waals surface area contributed by atoms with E-state index < -0.39 is 0 Å². The van der Waals surface area contributed by atoms with Crippen LogP contribution < -0.4 is 20.3 Å². The normalized spacial score (nSPS) is 16.6. The number of benzene rings is 2. The van der Waals surface area contributed by atoms with E-state index in [2.05, 4.69) is 10.6 Å². The molecule has 7 heteroatoms. The van der Waals surface area contributed by atoms with Crippen LogP contribution in [0.15, 0.2) is 48.5 Å². The smallest absolute Gasteiger partial charge is 0.319 e. The highest BCUT2D eigenvalue weighted by atomic mass is 35.5. The number of hydrogen-bond donors (Lipinski definition) is 2. The molecule has 1 unspecified atom stereocenters. The molecule has 0 saturated carbocycles. The molecule has 1 aliphatic heterocycles. The van der Waals surface area contributed by atoms with Crippen molar-refractivity contribution in [2.24, 2.45) is 0 Å². The maximum Gasteiger partial charge on any atom is 0.319 e. The maximum absolute atomic E-state index is 12.3. The lowest BCUT2D eigenvalue weighted by atomic mass is 10.2. The van der Waals surface area contributed by atoms with Gasteiger partial charge in [-0.2, -0.15) is 0 Å². The molecule has 3 rings (SSSR count). The van der Waals surface area contributed by atoms with Gasteiger partial charge in [-0.25, -0.2) is 4.79 Å². The minimum absolute atomic E-state index is 0.0370. The predicted molar refractivity (Wildman–Crippen MR) is 97.4 cm³/mol. The number of amides is 3. The van der Waals surface area contributed by atoms with Crippen LogP contribution in [0.5, 0.6) is 5.75 Å². The lowest BCUT2D eigenvalue weighted by Gasteiger charge is -2.18. The van der Waals surface area contributed by atoms with Gasteiger partial charge in [-0.3, -0.25) is 4.79 Å². The summed E-state index contributed by atoms with van der Waals surface area (Å²) >= 11 is 5.82. The fraction of sp³-hybridized carbons (Fsp3) is 0.222. The van der Waals surface area contributed by atoms with Crippen molar-refractivity contribution in [3.8, 4) is 5.75 Å². The first-order valence-corrected chi connectivity index (χ1v) is 8.20. The number of hydrogen-bond acceptors (Lipinski definition) is 3. The molecule has 2 N–H and O–H groups in total. The van der Waals surface area contributed by atoms with Crippen molar-refractivity contribution in [1.82, 2.24) is 5.32 Å². The monoisotopic (exact) mass is 359 g/mol. The van der Waals surface area contributed by atoms with Crippen molar-refractivity contribution in [2.45, 2.75) is 12.5 Å². The van der Waals surface area contributed by atoms with Crippen LogP contribution in [0.3, 0.4) is 0 Å². The summed E-state index contributed by atoms with van der Waals surface area (Å²) in [6.07, 6.45) is 0.255. The number of nitrogens with one attached hydrogen (secondary N) is 2. The predicted octanol–water partition coefficient (Wildman–Crippen LogP) is 3.28. The SMILES string of the molecule is COc1cccc(N2CC(NC(=O)Nc3ccc(Cl)cc3)CC2=O)c1. The van der Waals surface area contributed by atoms with Crippen molar-refractivity contribution in [3.05, 3.63) is 53.6 Å². The summed E-state index contributed by atoms with van der Waals surface area (Å²) in [5.41, 5.74) is 1.39. The van der Waals surface area contributed by atoms with Gasteiger partial charge in [0.2, 0.25) is 5.91 Å². The summed E-state index contributed by atoms with van der Waals surface area (Å²) in [5.74, 6) is 0.646. The minimum Gasteiger partial charge on any atom is -0.497 e. The van der Waals surface area contributed by atoms with Gasteiger partial charge in [-0.1, -0.05) is 17.7 Å². The van der Waals surface area contributed by atoms with Crippen LogP contribution in [0.1, 0.15) is 6.42 Å². The average Bonchev–Trinajstić information content (AvgIpc) is 2.97. The Balaban J connectivity index is 1.60. The summed E-state index contributed by atoms with van der Waals surface area (Å²) < 4.78 is 5.19. The van der Waals surface area contributed by atoms with Crippen LogP contribution in [0.2, 0.25) is 5.02 Å². The Morgan fingerprint density at radius 1 is 1.24 bits per heavy atom. The molecule has 6 nitrogen and oxygen atoms in total. The molecular formula is C18H18ClN3O3. The summed E-state index contributed by atoms with van der Waals surface area (Å²) in [7, 11) is 1.58. The zero-order valence-electron chi connectivity index (χ0n) is 13.7. The second-order valence-electron chi connectivity index (χ2n) is 5.71. The molecule has 3 amide bonds. The standard InChI is InChI=1S/C18H18ClN3O3/c1-25-16-4-2-3-15(10-16)22-11-14(9-17(22)23)21-18(24)20-13-7-5-12(19)6-8-13/h2-8,10,14H,9,11H2,1H3,(H2,20,21,24). The first-order chi connectivity index (χ1) is 12.0. The van der Waals surface area contributed by atoms with Gasteiger partial charge in [-0.15, -0.1) is 0 Å². The lowest BCUT2D eigenvalue weighted by molar-refractivity contribution is -0.117. The second-order valence-corrected chi connectivity index (χ2v) is 6.15. The number of urea groups is 1. The van der Waals surface area contributed by atoms with E-state index in [9.17, 15) is 9.59 Å². The molecule has 0 aromatic heterocycles. The van der Waals surface area contributed by atoms with Crippen LogP contribution in [0.25, 0.3) is 0 Å². The molecule has 2 aromatic carbocycles. The highest BCUT2D eigenvalue weighted by molar-refractivity contribution is 6.30. The number of rotatable bonds is 4. The molecule has 0 bridgehead atoms. The van der Waals surface area contributed by atoms with Crippen molar-refractivity contribution >= 4 is 34.9 Å². The fourth-order valence-electron chi connectivity index (χ4n) is 2.72. The molecule has 1 atom stereocenters. The molecule has 1 aliphatic rings. The second kappa shape index (κ2) is 7.44. The van der Waals surface area contributed by atoms with Gasteiger partial charge in [0.25, 0.3) is 0 Å². The van der Waals surface area contributed by atoms with Gasteiger partial charge >= 0.3 is 6.03 Å². The molecule has 1 saturated heterocycles. The number of ether oxygens (including phenoxy) is 1. The van der Waals surface area contributed by atoms with Crippen LogP contribution in [0.4, 0.5) is 16.2 Å². The molecule has 1 fully saturated rings. The van der Waals surface area contributed by atoms with Gasteiger partial charge in [0.15, 0.2) is 0 Å². The van der Waals surface area contributed by atoms with E-state index >= 15 is 0 Å². The third-order valence-electron chi connectivity index (χ3n) is 3.93. The first kappa shape index (κ1) is 17.1. The Morgan fingerprint density at radius 3 is 2.72 bits per heavy atom. The number of halogens is 1. The lowest BCUT2D eigenvalue weighted by Crippen LogP contribution is -2.39. The van der Waals surface area contributed by atoms with Crippen molar-refractivity contribution in [2.75, 3.05) is 23.9 Å². The van der Waals surface area contributed by atoms with Crippen molar-refractivity contribution in [3.63, 3.8) is 0 Å². The number of nitrogens with zero attached hydrogens (tertiary/aromatic N) is 1. The van der Waals surface area contributed by atoms with Crippen LogP contribution in [-0.4, -0.2) is 31.6 Å². The van der Waals surface area contributed by atoms with E-state index in [1.165, 1.54) is 0 Å². The van der Waals surface area contributed by atoms with Gasteiger partial charge in [0, 0.05) is 35.4 Å². The number of anilines is 2. The number of carbonyl (C=O) groups is 2. The molecule has 2 aromatic rings. The van der Waals surface area contributed by atoms with Crippen molar-refractivity contribution < 1.29 is 14.3 Å². The largest absolute Gasteiger partial charge is 0.497 e. The number of methoxy groups -OCH3 is 1. The Labute approximate surface area is 150 Å². The van der Waals surface area contributed by atoms with Crippen molar-refractivity contribution in [1.29, 1.82) is 0 Å². The van der Waals surface area contributed by atoms with Crippen LogP contribution >= 0.6 is 11.6 Å². The first-order valence-electron chi connectivity index (χ1n) is 7.82. The van der Waals surface area contributed by atoms with E-state index in [1.54, 1.807) is 42.3 Å². The Kier molecular flexibility index (Phi) is 5.09. The zero-order chi connectivity index (χ0) is 17.8. The fourth-order valence-corrected chi connectivity index (χ4v) is 2.84. The Hall–Kier alpha value is -2.73. The van der Waals surface area contributed by atoms with E-state index in [1.807, 2.05) is 18.2 Å². The summed E-state index contributed by atoms with van der Waals surface area (Å²) in [6, 6.07) is 13.5. The summed E-state index contributed by atoms with van der Waals surface area (Å²) in [4.78, 5) is 26.0. The molecule has 0 radical (unpaired) electrons. The minimum atomic E-state index is -0.354. The Bertz CT molecular complexity index is 779. The van der Waals surface area contributed by atoms with Crippen LogP contribution in [-0.2, 0) is 4.79 Å². The van der Waals surface area contributed by atoms with Crippen LogP contribution in [0, 0.1) is 0 Å². The topological polar surface area (TPSA) is 70.7 Å². The third kappa shape index (κ3) is 4.22. The number of carbonyl (C=O) groups excluding carboxylic acids is 2. The Morgan fingerprint density at radius 2 is 2.00 bits per heavy atom. The van der Waals surface area contributed by atoms with E-state index in [4.69, 9.17) is 16.3 Å². The van der Waals surface area contributed by atoms with E-state index in [0.29, 0.717) is 23.0 Å². The van der Waals surface area contributed by atoms with E-state index in [-0.39, 0.29) is 24.4 Å². The third-order valence-corrected chi connectivity index (χ3v) is 4.18. The molecule has 0 aliphatic carbocycles. The average molecular weight is 360 g/mol. The summed E-state index contributed by atoms with van der Waals surface area (Å²) in [5, 5.41) is 6.15. The van der Waals surface area contributed by atoms with Gasteiger partial charge in [0.1, 0.15) is 5.75 Å². The van der Waals surface area contributed by atoms with Gasteiger partial charge in [0.05, 0.1) is 13.2 Å². The van der Waals surface area contributed by atoms with E-state index in [0.717, 1.165) is 5.69 Å². The highest BCUT2D eigenvalue weighted by Crippen LogP contribution is 2.25. The summed E-state index contributed by atoms with van der Waals surface area (Å²) in [6.45, 7) is 0.417. The van der Waals surface area contributed by atoms with Gasteiger partial charge in [-0.05, 0) is 36.4 Å².